The molecule has 2 fully saturated rings. The van der Waals surface area contributed by atoms with Crippen LogP contribution in [0.5, 0.6) is 0 Å². The second-order valence-corrected chi connectivity index (χ2v) is 14.8. The lowest BCUT2D eigenvalue weighted by Gasteiger charge is -2.31. The highest BCUT2D eigenvalue weighted by Crippen LogP contribution is 2.34. The molecule has 15 heteroatoms. The molecule has 53 heavy (non-hydrogen) atoms. The zero-order chi connectivity index (χ0) is 37.8. The van der Waals surface area contributed by atoms with E-state index in [1.165, 1.54) is 7.05 Å². The van der Waals surface area contributed by atoms with Gasteiger partial charge in [0, 0.05) is 56.7 Å². The van der Waals surface area contributed by atoms with Crippen LogP contribution in [0.4, 0.5) is 4.79 Å². The van der Waals surface area contributed by atoms with Gasteiger partial charge >= 0.3 is 6.03 Å². The SMILES string of the molecule is CNC(=O)NC(C(=O)N1CCCC1c1nc2ccc(-c3cnc(CC4=CN=C(C5CCCN5C(=O)C(NC(=O)CO)C(C)C)C4)cn3)cc2[nH]1)C(C)C. The Balaban J connectivity index is 1.08. The molecule has 3 aliphatic heterocycles. The molecule has 5 amide bonds. The predicted octanol–water partition coefficient (Wildman–Crippen LogP) is 3.03. The molecule has 6 rings (SSSR count). The summed E-state index contributed by atoms with van der Waals surface area (Å²) >= 11 is 0. The molecule has 4 unspecified atom stereocenters. The van der Waals surface area contributed by atoms with E-state index >= 15 is 0 Å². The fourth-order valence-corrected chi connectivity index (χ4v) is 7.49. The van der Waals surface area contributed by atoms with Crippen LogP contribution >= 0.6 is 0 Å². The molecule has 4 atom stereocenters. The predicted molar refractivity (Wildman–Crippen MR) is 199 cm³/mol. The molecule has 0 saturated carbocycles. The monoisotopic (exact) mass is 726 g/mol. The summed E-state index contributed by atoms with van der Waals surface area (Å²) in [5.74, 6) is -0.302. The number of hydrogen-bond donors (Lipinski definition) is 5. The topological polar surface area (TPSA) is 198 Å². The van der Waals surface area contributed by atoms with Gasteiger partial charge in [0.1, 0.15) is 24.5 Å². The van der Waals surface area contributed by atoms with Gasteiger partial charge in [0.15, 0.2) is 0 Å². The van der Waals surface area contributed by atoms with Gasteiger partial charge in [-0.2, -0.15) is 0 Å². The van der Waals surface area contributed by atoms with Crippen LogP contribution < -0.4 is 16.0 Å². The third-order valence-electron chi connectivity index (χ3n) is 10.3. The van der Waals surface area contributed by atoms with Crippen molar-refractivity contribution >= 4 is 40.5 Å². The average Bonchev–Trinajstić information content (AvgIpc) is 3.98. The number of aliphatic hydroxyl groups is 1. The number of nitrogens with one attached hydrogen (secondary N) is 4. The summed E-state index contributed by atoms with van der Waals surface area (Å²) in [7, 11) is 1.53. The summed E-state index contributed by atoms with van der Waals surface area (Å²) in [6, 6.07) is 3.82. The van der Waals surface area contributed by atoms with Crippen LogP contribution in [0.3, 0.4) is 0 Å². The van der Waals surface area contributed by atoms with Gasteiger partial charge in [-0.15, -0.1) is 0 Å². The van der Waals surface area contributed by atoms with Crippen LogP contribution in [0, 0.1) is 11.8 Å². The number of aliphatic hydroxyl groups excluding tert-OH is 1. The minimum Gasteiger partial charge on any atom is -0.387 e. The van der Waals surface area contributed by atoms with E-state index in [-0.39, 0.29) is 41.8 Å². The first-order valence-corrected chi connectivity index (χ1v) is 18.5. The number of imidazole rings is 1. The first kappa shape index (κ1) is 37.6. The maximum atomic E-state index is 13.6. The molecule has 0 bridgehead atoms. The van der Waals surface area contributed by atoms with Gasteiger partial charge in [-0.05, 0) is 55.2 Å². The van der Waals surface area contributed by atoms with E-state index in [0.29, 0.717) is 25.9 Å². The van der Waals surface area contributed by atoms with Gasteiger partial charge in [0.05, 0.1) is 40.7 Å². The fraction of sp³-hybridized carbons (Fsp3) is 0.526. The molecule has 2 aromatic heterocycles. The summed E-state index contributed by atoms with van der Waals surface area (Å²) in [5.41, 5.74) is 6.06. The van der Waals surface area contributed by atoms with E-state index in [1.54, 1.807) is 12.4 Å². The number of aromatic amines is 1. The highest BCUT2D eigenvalue weighted by atomic mass is 16.3. The maximum Gasteiger partial charge on any atom is 0.315 e. The number of carbonyl (C=O) groups is 4. The minimum atomic E-state index is -0.703. The van der Waals surface area contributed by atoms with E-state index in [9.17, 15) is 24.3 Å². The number of fused-ring (bicyclic) bond motifs is 1. The van der Waals surface area contributed by atoms with E-state index < -0.39 is 24.6 Å². The summed E-state index contributed by atoms with van der Waals surface area (Å²) in [6.07, 6.45) is 9.92. The Kier molecular flexibility index (Phi) is 11.5. The second-order valence-electron chi connectivity index (χ2n) is 14.8. The number of H-pyrrole nitrogens is 1. The number of carbonyl (C=O) groups excluding carboxylic acids is 4. The zero-order valence-electron chi connectivity index (χ0n) is 31.1. The third kappa shape index (κ3) is 8.24. The van der Waals surface area contributed by atoms with Crippen molar-refractivity contribution in [3.05, 3.63) is 53.9 Å². The van der Waals surface area contributed by atoms with Crippen LogP contribution in [0.2, 0.25) is 0 Å². The Morgan fingerprint density at radius 3 is 2.25 bits per heavy atom. The Morgan fingerprint density at radius 1 is 0.925 bits per heavy atom. The smallest absolute Gasteiger partial charge is 0.315 e. The first-order valence-electron chi connectivity index (χ1n) is 18.5. The minimum absolute atomic E-state index is 0.0773. The molecular formula is C38H50N10O5. The molecule has 3 aliphatic rings. The number of amides is 5. The second kappa shape index (κ2) is 16.2. The Hall–Kier alpha value is -5.18. The normalized spacial score (nSPS) is 19.8. The number of likely N-dealkylation sites (tertiary alicyclic amines) is 2. The molecule has 5 N–H and O–H groups in total. The summed E-state index contributed by atoms with van der Waals surface area (Å²) in [4.78, 5) is 77.1. The van der Waals surface area contributed by atoms with Crippen molar-refractivity contribution in [1.82, 2.24) is 45.7 Å². The molecule has 5 heterocycles. The van der Waals surface area contributed by atoms with E-state index in [0.717, 1.165) is 70.8 Å². The Morgan fingerprint density at radius 2 is 1.60 bits per heavy atom. The highest BCUT2D eigenvalue weighted by molar-refractivity contribution is 5.98. The molecule has 1 aromatic carbocycles. The van der Waals surface area contributed by atoms with E-state index in [4.69, 9.17) is 19.9 Å². The van der Waals surface area contributed by atoms with Gasteiger partial charge in [-0.25, -0.2) is 9.78 Å². The van der Waals surface area contributed by atoms with Crippen LogP contribution in [0.25, 0.3) is 22.3 Å². The zero-order valence-corrected chi connectivity index (χ0v) is 31.1. The number of hydrogen-bond acceptors (Lipinski definition) is 9. The van der Waals surface area contributed by atoms with Crippen molar-refractivity contribution < 1.29 is 24.3 Å². The first-order chi connectivity index (χ1) is 25.5. The largest absolute Gasteiger partial charge is 0.387 e. The van der Waals surface area contributed by atoms with Crippen molar-refractivity contribution in [2.24, 2.45) is 16.8 Å². The van der Waals surface area contributed by atoms with Gasteiger partial charge in [-0.1, -0.05) is 33.8 Å². The lowest BCUT2D eigenvalue weighted by molar-refractivity contribution is -0.138. The number of urea groups is 1. The number of nitrogens with zero attached hydrogens (tertiary/aromatic N) is 6. The van der Waals surface area contributed by atoms with E-state index in [1.807, 2.05) is 61.9 Å². The quantitative estimate of drug-likeness (QED) is 0.188. The van der Waals surface area contributed by atoms with Crippen molar-refractivity contribution in [1.29, 1.82) is 0 Å². The lowest BCUT2D eigenvalue weighted by Crippen LogP contribution is -2.54. The highest BCUT2D eigenvalue weighted by Gasteiger charge is 2.39. The number of allylic oxidation sites excluding steroid dienone is 1. The molecule has 15 nitrogen and oxygen atoms in total. The summed E-state index contributed by atoms with van der Waals surface area (Å²) < 4.78 is 0. The molecule has 0 spiro atoms. The lowest BCUT2D eigenvalue weighted by atomic mass is 9.98. The Bertz CT molecular complexity index is 1900. The van der Waals surface area contributed by atoms with Gasteiger partial charge in [-0.3, -0.25) is 29.3 Å². The van der Waals surface area contributed by atoms with Crippen molar-refractivity contribution in [3.63, 3.8) is 0 Å². The third-order valence-corrected chi connectivity index (χ3v) is 10.3. The Labute approximate surface area is 309 Å². The van der Waals surface area contributed by atoms with Crippen LogP contribution in [-0.2, 0) is 20.8 Å². The summed E-state index contributed by atoms with van der Waals surface area (Å²) in [5, 5.41) is 17.2. The molecule has 0 aliphatic carbocycles. The van der Waals surface area contributed by atoms with Crippen LogP contribution in [0.1, 0.15) is 77.4 Å². The van der Waals surface area contributed by atoms with Crippen molar-refractivity contribution in [3.8, 4) is 11.3 Å². The fourth-order valence-electron chi connectivity index (χ4n) is 7.49. The number of aliphatic imine (C=N–C) groups is 1. The molecule has 0 radical (unpaired) electrons. The van der Waals surface area contributed by atoms with Crippen molar-refractivity contribution in [2.75, 3.05) is 26.7 Å². The summed E-state index contributed by atoms with van der Waals surface area (Å²) in [6.45, 7) is 8.14. The average molecular weight is 727 g/mol. The number of rotatable bonds is 12. The van der Waals surface area contributed by atoms with Gasteiger partial charge in [0.25, 0.3) is 0 Å². The maximum absolute atomic E-state index is 13.6. The van der Waals surface area contributed by atoms with Gasteiger partial charge < -0.3 is 35.8 Å². The number of benzene rings is 1. The standard InChI is InChI=1S/C38H50N10O5/c1-21(2)33(45-32(50)20-49)36(51)47-12-6-8-30(47)28-15-23(17-41-28)14-25-18-42-29(19-40-25)24-10-11-26-27(16-24)44-35(43-26)31-9-7-13-48(31)37(52)34(22(3)4)46-38(53)39-5/h10-11,16-19,21-22,30-31,33-34,49H,6-9,12-15,20H2,1-5H3,(H,43,44)(H,45,50)(H2,39,46,53). The van der Waals surface area contributed by atoms with Crippen LogP contribution in [0.15, 0.2) is 47.4 Å². The van der Waals surface area contributed by atoms with Gasteiger partial charge in [0.2, 0.25) is 17.7 Å². The van der Waals surface area contributed by atoms with E-state index in [2.05, 4.69) is 20.9 Å². The number of aromatic nitrogens is 4. The molecule has 282 valence electrons. The molecular weight excluding hydrogens is 676 g/mol. The van der Waals surface area contributed by atoms with Crippen LogP contribution in [-0.4, -0.2) is 109 Å². The van der Waals surface area contributed by atoms with Crippen molar-refractivity contribution in [2.45, 2.75) is 90.4 Å². The molecule has 3 aromatic rings. The molecule has 2 saturated heterocycles.